The van der Waals surface area contributed by atoms with Crippen LogP contribution in [-0.4, -0.2) is 79.2 Å². The van der Waals surface area contributed by atoms with Gasteiger partial charge in [0.25, 0.3) is 0 Å². The summed E-state index contributed by atoms with van der Waals surface area (Å²) < 4.78 is 0. The molecule has 0 heterocycles. The van der Waals surface area contributed by atoms with Gasteiger partial charge in [0.2, 0.25) is 0 Å². The van der Waals surface area contributed by atoms with Gasteiger partial charge < -0.3 is 61.3 Å². The van der Waals surface area contributed by atoms with Gasteiger partial charge in [0.15, 0.2) is 51.7 Å². The molecule has 15 nitrogen and oxygen atoms in total. The minimum absolute atomic E-state index is 0. The number of benzene rings is 3. The molecule has 37 heavy (non-hydrogen) atoms. The van der Waals surface area contributed by atoms with E-state index >= 15 is 0 Å². The van der Waals surface area contributed by atoms with E-state index < -0.39 is 69.7 Å². The quantitative estimate of drug-likeness (QED) is 0.178. The molecule has 0 saturated heterocycles. The van der Waals surface area contributed by atoms with Crippen LogP contribution in [-0.2, 0) is 0 Å². The zero-order valence-corrected chi connectivity index (χ0v) is 21.3. The number of aromatic hydroxyl groups is 9. The number of rotatable bonds is 3. The Balaban J connectivity index is 0.000000518. The van der Waals surface area contributed by atoms with E-state index in [9.17, 15) is 14.4 Å². The third-order valence-corrected chi connectivity index (χ3v) is 3.95. The second-order valence-corrected chi connectivity index (χ2v) is 6.50. The summed E-state index contributed by atoms with van der Waals surface area (Å²) in [5, 5.41) is 105. The second-order valence-electron chi connectivity index (χ2n) is 6.50. The predicted molar refractivity (Wildman–Crippen MR) is 115 cm³/mol. The molecule has 0 bridgehead atoms. The van der Waals surface area contributed by atoms with Gasteiger partial charge >= 0.3 is 17.9 Å². The second kappa shape index (κ2) is 13.6. The van der Waals surface area contributed by atoms with Crippen molar-refractivity contribution in [3.8, 4) is 51.7 Å². The first kappa shape index (κ1) is 32.6. The van der Waals surface area contributed by atoms with E-state index in [-0.39, 0.29) is 57.5 Å². The molecule has 0 fully saturated rings. The first-order valence-electron chi connectivity index (χ1n) is 9.01. The van der Waals surface area contributed by atoms with Crippen molar-refractivity contribution in [1.82, 2.24) is 0 Å². The number of carbonyl (C=O) groups is 3. The van der Waals surface area contributed by atoms with Crippen molar-refractivity contribution in [3.63, 3.8) is 0 Å². The van der Waals surface area contributed by atoms with Gasteiger partial charge in [-0.05, 0) is 36.4 Å². The van der Waals surface area contributed by atoms with E-state index in [1.807, 2.05) is 0 Å². The van der Waals surface area contributed by atoms with Crippen LogP contribution in [0.2, 0.25) is 0 Å². The molecule has 16 heteroatoms. The monoisotopic (exact) mass is 652 g/mol. The minimum atomic E-state index is -1.29. The Bertz CT molecular complexity index is 1090. The average Bonchev–Trinajstić information content (AvgIpc) is 2.79. The van der Waals surface area contributed by atoms with Crippen molar-refractivity contribution in [2.24, 2.45) is 0 Å². The van der Waals surface area contributed by atoms with Crippen molar-refractivity contribution in [2.75, 3.05) is 0 Å². The molecule has 0 aliphatic carbocycles. The first-order valence-corrected chi connectivity index (χ1v) is 9.01. The van der Waals surface area contributed by atoms with Gasteiger partial charge in [-0.3, -0.25) is 0 Å². The van der Waals surface area contributed by atoms with Gasteiger partial charge in [-0.15, -0.1) is 0 Å². The van der Waals surface area contributed by atoms with Crippen molar-refractivity contribution >= 4 is 17.9 Å². The maximum Gasteiger partial charge on any atom is 0.335 e. The van der Waals surface area contributed by atoms with Gasteiger partial charge in [-0.1, -0.05) is 0 Å². The summed E-state index contributed by atoms with van der Waals surface area (Å²) >= 11 is 0. The number of hydrogen-bond donors (Lipinski definition) is 12. The molecule has 0 spiro atoms. The van der Waals surface area contributed by atoms with E-state index in [4.69, 9.17) is 61.3 Å². The normalized spacial score (nSPS) is 9.41. The molecule has 3 rings (SSSR count). The average molecular weight is 655 g/mol. The molecule has 0 aromatic heterocycles. The third-order valence-electron chi connectivity index (χ3n) is 3.95. The van der Waals surface area contributed by atoms with Crippen LogP contribution in [0.25, 0.3) is 0 Å². The number of phenols is 9. The van der Waals surface area contributed by atoms with Gasteiger partial charge in [0.1, 0.15) is 0 Å². The van der Waals surface area contributed by atoms with Gasteiger partial charge in [0.05, 0.1) is 16.7 Å². The Morgan fingerprint density at radius 3 is 0.622 bits per heavy atom. The Hall–Kier alpha value is -4.38. The van der Waals surface area contributed by atoms with Gasteiger partial charge in [0, 0.05) is 40.8 Å². The summed E-state index contributed by atoms with van der Waals surface area (Å²) in [6.07, 6.45) is 0. The van der Waals surface area contributed by atoms with Crippen molar-refractivity contribution < 1.29 is 117 Å². The van der Waals surface area contributed by atoms with E-state index in [2.05, 4.69) is 0 Å². The molecule has 3 aromatic rings. The van der Waals surface area contributed by atoms with E-state index in [0.29, 0.717) is 0 Å². The topological polar surface area (TPSA) is 294 Å². The Labute approximate surface area is 238 Å². The zero-order valence-electron chi connectivity index (χ0n) is 18.1. The standard InChI is InChI=1S/3C7H6O5.Nd/c3*8-4-1-3(7(11)12)2-5(9)6(4)10;/h3*1-2,8-10H,(H,11,12);. The fraction of sp³-hybridized carbons (Fsp3) is 0. The molecule has 0 amide bonds. The van der Waals surface area contributed by atoms with Crippen LogP contribution >= 0.6 is 0 Å². The molecule has 0 saturated carbocycles. The number of aromatic carboxylic acids is 3. The molecule has 12 N–H and O–H groups in total. The van der Waals surface area contributed by atoms with Crippen LogP contribution in [0.4, 0.5) is 0 Å². The first-order chi connectivity index (χ1) is 16.6. The SMILES string of the molecule is O=C(O)c1cc(O)c(O)c(O)c1.O=C(O)c1cc(O)c(O)c(O)c1.O=C(O)c1cc(O)c(O)c(O)c1.[Nd]. The Morgan fingerprint density at radius 2 is 0.514 bits per heavy atom. The van der Waals surface area contributed by atoms with Crippen LogP contribution in [0.5, 0.6) is 51.7 Å². The summed E-state index contributed by atoms with van der Waals surface area (Å²) in [5.74, 6) is -10.00. The fourth-order valence-corrected chi connectivity index (χ4v) is 2.18. The van der Waals surface area contributed by atoms with E-state index in [1.165, 1.54) is 0 Å². The van der Waals surface area contributed by atoms with Crippen molar-refractivity contribution in [3.05, 3.63) is 53.1 Å². The molecular weight excluding hydrogens is 636 g/mol. The molecule has 196 valence electrons. The number of hydrogen-bond acceptors (Lipinski definition) is 12. The molecule has 0 unspecified atom stereocenters. The van der Waals surface area contributed by atoms with Crippen LogP contribution in [0, 0.1) is 40.8 Å². The predicted octanol–water partition coefficient (Wildman–Crippen LogP) is 1.50. The van der Waals surface area contributed by atoms with E-state index in [0.717, 1.165) is 36.4 Å². The fourth-order valence-electron chi connectivity index (χ4n) is 2.18. The van der Waals surface area contributed by atoms with Crippen LogP contribution < -0.4 is 0 Å². The minimum Gasteiger partial charge on any atom is -0.504 e. The molecule has 0 radical (unpaired) electrons. The summed E-state index contributed by atoms with van der Waals surface area (Å²) in [7, 11) is 0. The van der Waals surface area contributed by atoms with Crippen molar-refractivity contribution in [2.45, 2.75) is 0 Å². The Kier molecular flexibility index (Phi) is 12.0. The zero-order chi connectivity index (χ0) is 27.9. The summed E-state index contributed by atoms with van der Waals surface area (Å²) in [6, 6.07) is 5.07. The largest absolute Gasteiger partial charge is 0.504 e. The molecule has 0 aliphatic heterocycles. The summed E-state index contributed by atoms with van der Waals surface area (Å²) in [4.78, 5) is 30.9. The molecule has 3 aromatic carbocycles. The molecule has 0 aliphatic rings. The maximum absolute atomic E-state index is 10.3. The summed E-state index contributed by atoms with van der Waals surface area (Å²) in [5.41, 5.74) is -0.867. The number of carboxylic acids is 3. The molecule has 0 atom stereocenters. The van der Waals surface area contributed by atoms with E-state index in [1.54, 1.807) is 0 Å². The maximum atomic E-state index is 10.3. The Morgan fingerprint density at radius 1 is 0.378 bits per heavy atom. The smallest absolute Gasteiger partial charge is 0.335 e. The number of phenolic OH excluding ortho intramolecular Hbond substituents is 9. The van der Waals surface area contributed by atoms with Crippen LogP contribution in [0.1, 0.15) is 31.1 Å². The molecular formula is C21H18NdO15. The van der Waals surface area contributed by atoms with Gasteiger partial charge in [-0.25, -0.2) is 14.4 Å². The van der Waals surface area contributed by atoms with Crippen LogP contribution in [0.3, 0.4) is 0 Å². The summed E-state index contributed by atoms with van der Waals surface area (Å²) in [6.45, 7) is 0. The van der Waals surface area contributed by atoms with Gasteiger partial charge in [-0.2, -0.15) is 0 Å². The van der Waals surface area contributed by atoms with Crippen molar-refractivity contribution in [1.29, 1.82) is 0 Å². The third kappa shape index (κ3) is 8.97. The van der Waals surface area contributed by atoms with Crippen LogP contribution in [0.15, 0.2) is 36.4 Å². The number of carboxylic acid groups (broad SMARTS) is 3.